The molecule has 17 heavy (non-hydrogen) atoms. The highest BCUT2D eigenvalue weighted by molar-refractivity contribution is 5.72. The molecule has 2 fully saturated rings. The first-order valence-corrected chi connectivity index (χ1v) is 6.71. The number of hydrogen-bond acceptors (Lipinski definition) is 3. The molecule has 2 aliphatic rings. The maximum absolute atomic E-state index is 10.6. The second-order valence-corrected chi connectivity index (χ2v) is 6.13. The van der Waals surface area contributed by atoms with Crippen LogP contribution in [0.15, 0.2) is 0 Å². The number of likely N-dealkylation sites (tertiary alicyclic amines) is 1. The standard InChI is InChI=1S/C13H24N2O2/c1-10-2-5-13(6-3-10)8-15(9-13)7-4-11(14)12(16)17/h10-11H,2-9,14H2,1H3,(H,16,17). The predicted octanol–water partition coefficient (Wildman–Crippen LogP) is 1.30. The first-order chi connectivity index (χ1) is 8.01. The highest BCUT2D eigenvalue weighted by Gasteiger charge is 2.44. The van der Waals surface area contributed by atoms with Crippen LogP contribution < -0.4 is 5.73 Å². The zero-order chi connectivity index (χ0) is 12.5. The summed E-state index contributed by atoms with van der Waals surface area (Å²) in [6.07, 6.45) is 6.01. The van der Waals surface area contributed by atoms with E-state index >= 15 is 0 Å². The van der Waals surface area contributed by atoms with Gasteiger partial charge in [-0.05, 0) is 30.6 Å². The topological polar surface area (TPSA) is 66.6 Å². The van der Waals surface area contributed by atoms with Gasteiger partial charge in [-0.1, -0.05) is 19.8 Å². The molecule has 0 amide bonds. The molecule has 1 saturated heterocycles. The van der Waals surface area contributed by atoms with Crippen LogP contribution in [0.1, 0.15) is 39.0 Å². The van der Waals surface area contributed by atoms with Gasteiger partial charge < -0.3 is 15.7 Å². The summed E-state index contributed by atoms with van der Waals surface area (Å²) >= 11 is 0. The van der Waals surface area contributed by atoms with Gasteiger partial charge in [0.1, 0.15) is 6.04 Å². The summed E-state index contributed by atoms with van der Waals surface area (Å²) in [4.78, 5) is 13.0. The van der Waals surface area contributed by atoms with Gasteiger partial charge in [0.25, 0.3) is 0 Å². The van der Waals surface area contributed by atoms with Crippen LogP contribution in [0.2, 0.25) is 0 Å². The molecule has 0 aromatic carbocycles. The van der Waals surface area contributed by atoms with E-state index in [2.05, 4.69) is 11.8 Å². The third-order valence-corrected chi connectivity index (χ3v) is 4.53. The van der Waals surface area contributed by atoms with E-state index in [0.29, 0.717) is 11.8 Å². The first kappa shape index (κ1) is 12.8. The largest absolute Gasteiger partial charge is 0.480 e. The van der Waals surface area contributed by atoms with Gasteiger partial charge in [0.05, 0.1) is 0 Å². The molecule has 4 heteroatoms. The Labute approximate surface area is 103 Å². The molecule has 0 bridgehead atoms. The van der Waals surface area contributed by atoms with Crippen molar-refractivity contribution in [1.82, 2.24) is 4.90 Å². The van der Waals surface area contributed by atoms with Gasteiger partial charge in [0.2, 0.25) is 0 Å². The molecule has 1 aliphatic carbocycles. The van der Waals surface area contributed by atoms with Gasteiger partial charge in [-0.15, -0.1) is 0 Å². The van der Waals surface area contributed by atoms with E-state index in [4.69, 9.17) is 10.8 Å². The van der Waals surface area contributed by atoms with Gasteiger partial charge >= 0.3 is 5.97 Å². The highest BCUT2D eigenvalue weighted by atomic mass is 16.4. The second kappa shape index (κ2) is 4.94. The number of carboxylic acids is 1. The molecule has 0 aromatic rings. The van der Waals surface area contributed by atoms with Crippen molar-refractivity contribution < 1.29 is 9.90 Å². The zero-order valence-electron chi connectivity index (χ0n) is 10.7. The lowest BCUT2D eigenvalue weighted by molar-refractivity contribution is -0.139. The molecule has 98 valence electrons. The smallest absolute Gasteiger partial charge is 0.320 e. The summed E-state index contributed by atoms with van der Waals surface area (Å²) in [5.74, 6) is 0.0156. The third kappa shape index (κ3) is 2.99. The maximum Gasteiger partial charge on any atom is 0.320 e. The molecule has 0 radical (unpaired) electrons. The van der Waals surface area contributed by atoms with E-state index in [9.17, 15) is 4.79 Å². The zero-order valence-corrected chi connectivity index (χ0v) is 10.7. The molecule has 1 spiro atoms. The lowest BCUT2D eigenvalue weighted by atomic mass is 9.66. The van der Waals surface area contributed by atoms with Crippen molar-refractivity contribution in [2.24, 2.45) is 17.1 Å². The normalized spacial score (nSPS) is 26.7. The molecule has 1 heterocycles. The molecule has 3 N–H and O–H groups in total. The molecule has 1 aliphatic heterocycles. The fourth-order valence-corrected chi connectivity index (χ4v) is 3.20. The average molecular weight is 240 g/mol. The minimum Gasteiger partial charge on any atom is -0.480 e. The van der Waals surface area contributed by atoms with Crippen LogP contribution in [0.4, 0.5) is 0 Å². The van der Waals surface area contributed by atoms with Crippen molar-refractivity contribution in [2.75, 3.05) is 19.6 Å². The van der Waals surface area contributed by atoms with Gasteiger partial charge in [-0.25, -0.2) is 0 Å². The van der Waals surface area contributed by atoms with Crippen molar-refractivity contribution in [3.05, 3.63) is 0 Å². The molecule has 0 aromatic heterocycles. The van der Waals surface area contributed by atoms with Crippen LogP contribution in [-0.4, -0.2) is 41.7 Å². The van der Waals surface area contributed by atoms with Gasteiger partial charge in [0.15, 0.2) is 0 Å². The fraction of sp³-hybridized carbons (Fsp3) is 0.923. The Morgan fingerprint density at radius 1 is 1.47 bits per heavy atom. The summed E-state index contributed by atoms with van der Waals surface area (Å²) in [6, 6.07) is -0.696. The van der Waals surface area contributed by atoms with Crippen LogP contribution >= 0.6 is 0 Å². The summed E-state index contributed by atoms with van der Waals surface area (Å²) in [6.45, 7) is 5.50. The van der Waals surface area contributed by atoms with E-state index in [0.717, 1.165) is 25.6 Å². The number of aliphatic carboxylic acids is 1. The molecular weight excluding hydrogens is 216 g/mol. The van der Waals surface area contributed by atoms with Crippen molar-refractivity contribution in [2.45, 2.75) is 45.1 Å². The van der Waals surface area contributed by atoms with Crippen LogP contribution in [0.3, 0.4) is 0 Å². The number of carbonyl (C=O) groups is 1. The maximum atomic E-state index is 10.6. The Balaban J connectivity index is 1.67. The number of nitrogens with zero attached hydrogens (tertiary/aromatic N) is 1. The summed E-state index contributed by atoms with van der Waals surface area (Å²) < 4.78 is 0. The first-order valence-electron chi connectivity index (χ1n) is 6.71. The SMILES string of the molecule is CC1CCC2(CC1)CN(CCC(N)C(=O)O)C2. The average Bonchev–Trinajstić information content (AvgIpc) is 2.25. The molecular formula is C13H24N2O2. The second-order valence-electron chi connectivity index (χ2n) is 6.13. The van der Waals surface area contributed by atoms with Crippen molar-refractivity contribution in [1.29, 1.82) is 0 Å². The molecule has 2 rings (SSSR count). The molecule has 1 saturated carbocycles. The Hall–Kier alpha value is -0.610. The van der Waals surface area contributed by atoms with Crippen molar-refractivity contribution >= 4 is 5.97 Å². The quantitative estimate of drug-likeness (QED) is 0.777. The Morgan fingerprint density at radius 3 is 2.59 bits per heavy atom. The minimum absolute atomic E-state index is 0.569. The third-order valence-electron chi connectivity index (χ3n) is 4.53. The van der Waals surface area contributed by atoms with Gasteiger partial charge in [-0.2, -0.15) is 0 Å². The van der Waals surface area contributed by atoms with E-state index in [1.165, 1.54) is 25.7 Å². The fourth-order valence-electron chi connectivity index (χ4n) is 3.20. The van der Waals surface area contributed by atoms with Crippen molar-refractivity contribution in [3.63, 3.8) is 0 Å². The Kier molecular flexibility index (Phi) is 3.73. The number of hydrogen-bond donors (Lipinski definition) is 2. The lowest BCUT2D eigenvalue weighted by Gasteiger charge is -2.53. The van der Waals surface area contributed by atoms with Gasteiger partial charge in [-0.3, -0.25) is 4.79 Å². The minimum atomic E-state index is -0.883. The number of rotatable bonds is 4. The highest BCUT2D eigenvalue weighted by Crippen LogP contribution is 2.45. The summed E-state index contributed by atoms with van der Waals surface area (Å²) in [5.41, 5.74) is 6.07. The summed E-state index contributed by atoms with van der Waals surface area (Å²) in [5, 5.41) is 8.71. The van der Waals surface area contributed by atoms with E-state index in [-0.39, 0.29) is 0 Å². The molecule has 1 unspecified atom stereocenters. The van der Waals surface area contributed by atoms with Gasteiger partial charge in [0, 0.05) is 19.6 Å². The number of nitrogens with two attached hydrogens (primary N) is 1. The summed E-state index contributed by atoms with van der Waals surface area (Å²) in [7, 11) is 0. The Bertz CT molecular complexity index is 277. The van der Waals surface area contributed by atoms with Crippen LogP contribution in [0.5, 0.6) is 0 Å². The number of carboxylic acid groups (broad SMARTS) is 1. The van der Waals surface area contributed by atoms with Crippen LogP contribution in [-0.2, 0) is 4.79 Å². The van der Waals surface area contributed by atoms with Crippen LogP contribution in [0.25, 0.3) is 0 Å². The van der Waals surface area contributed by atoms with Crippen molar-refractivity contribution in [3.8, 4) is 0 Å². The van der Waals surface area contributed by atoms with E-state index in [1.807, 2.05) is 0 Å². The van der Waals surface area contributed by atoms with Crippen LogP contribution in [0, 0.1) is 11.3 Å². The lowest BCUT2D eigenvalue weighted by Crippen LogP contribution is -2.58. The molecule has 1 atom stereocenters. The predicted molar refractivity (Wildman–Crippen MR) is 66.7 cm³/mol. The Morgan fingerprint density at radius 2 is 2.06 bits per heavy atom. The molecule has 4 nitrogen and oxygen atoms in total. The monoisotopic (exact) mass is 240 g/mol. The van der Waals surface area contributed by atoms with E-state index < -0.39 is 12.0 Å². The van der Waals surface area contributed by atoms with E-state index in [1.54, 1.807) is 0 Å².